The van der Waals surface area contributed by atoms with Gasteiger partial charge in [-0.1, -0.05) is 5.92 Å². The van der Waals surface area contributed by atoms with Crippen LogP contribution in [0.3, 0.4) is 0 Å². The number of aldehydes is 1. The van der Waals surface area contributed by atoms with Crippen molar-refractivity contribution < 1.29 is 13.6 Å². The van der Waals surface area contributed by atoms with Gasteiger partial charge in [-0.25, -0.2) is 8.78 Å². The molecule has 0 heterocycles. The van der Waals surface area contributed by atoms with Crippen LogP contribution in [0.15, 0.2) is 12.1 Å². The number of hydrogen-bond donors (Lipinski definition) is 0. The second kappa shape index (κ2) is 3.81. The summed E-state index contributed by atoms with van der Waals surface area (Å²) >= 11 is 0. The molecule has 0 amide bonds. The largest absolute Gasteiger partial charge is 0.289 e. The van der Waals surface area contributed by atoms with Gasteiger partial charge < -0.3 is 0 Å². The van der Waals surface area contributed by atoms with Crippen LogP contribution in [0.5, 0.6) is 0 Å². The van der Waals surface area contributed by atoms with E-state index in [1.54, 1.807) is 0 Å². The van der Waals surface area contributed by atoms with E-state index in [2.05, 4.69) is 11.8 Å². The van der Waals surface area contributed by atoms with Gasteiger partial charge in [0.25, 0.3) is 0 Å². The maximum absolute atomic E-state index is 12.9. The lowest BCUT2D eigenvalue weighted by atomic mass is 10.1. The molecule has 0 fully saturated rings. The van der Waals surface area contributed by atoms with Crippen molar-refractivity contribution in [2.45, 2.75) is 6.92 Å². The number of aryl methyl sites for hydroxylation is 1. The number of halogens is 2. The van der Waals surface area contributed by atoms with Gasteiger partial charge in [-0.15, -0.1) is 0 Å². The van der Waals surface area contributed by atoms with Gasteiger partial charge in [0, 0.05) is 6.07 Å². The quantitative estimate of drug-likeness (QED) is 0.439. The molecule has 0 saturated carbocycles. The maximum atomic E-state index is 12.9. The summed E-state index contributed by atoms with van der Waals surface area (Å²) < 4.78 is 25.6. The molecule has 3 heteroatoms. The van der Waals surface area contributed by atoms with E-state index >= 15 is 0 Å². The Morgan fingerprint density at radius 2 is 2.00 bits per heavy atom. The van der Waals surface area contributed by atoms with Crippen molar-refractivity contribution in [1.82, 2.24) is 0 Å². The van der Waals surface area contributed by atoms with E-state index in [1.165, 1.54) is 13.0 Å². The lowest BCUT2D eigenvalue weighted by Gasteiger charge is -1.98. The van der Waals surface area contributed by atoms with Crippen LogP contribution in [0.2, 0.25) is 0 Å². The highest BCUT2D eigenvalue weighted by atomic mass is 19.1. The minimum absolute atomic E-state index is 0.0333. The van der Waals surface area contributed by atoms with E-state index in [0.29, 0.717) is 11.8 Å². The first-order valence-corrected chi connectivity index (χ1v) is 3.56. The Morgan fingerprint density at radius 3 is 2.62 bits per heavy atom. The third kappa shape index (κ3) is 2.12. The highest BCUT2D eigenvalue weighted by Gasteiger charge is 2.04. The molecule has 0 saturated heterocycles. The number of rotatable bonds is 0. The number of hydrogen-bond acceptors (Lipinski definition) is 1. The van der Waals surface area contributed by atoms with Crippen molar-refractivity contribution >= 4 is 6.29 Å². The first-order chi connectivity index (χ1) is 6.15. The van der Waals surface area contributed by atoms with Crippen molar-refractivity contribution in [1.29, 1.82) is 0 Å². The summed E-state index contributed by atoms with van der Waals surface area (Å²) in [5.74, 6) is 2.96. The molecule has 0 aliphatic carbocycles. The summed E-state index contributed by atoms with van der Waals surface area (Å²) in [4.78, 5) is 9.87. The van der Waals surface area contributed by atoms with Gasteiger partial charge in [0.1, 0.15) is 11.6 Å². The van der Waals surface area contributed by atoms with Crippen LogP contribution in [0, 0.1) is 30.4 Å². The molecule has 0 N–H and O–H groups in total. The highest BCUT2D eigenvalue weighted by Crippen LogP contribution is 2.12. The third-order valence-electron chi connectivity index (χ3n) is 1.51. The second-order valence-corrected chi connectivity index (χ2v) is 2.47. The lowest BCUT2D eigenvalue weighted by molar-refractivity contribution is -0.103. The molecule has 0 aliphatic rings. The molecule has 13 heavy (non-hydrogen) atoms. The molecule has 1 nitrogen and oxygen atoms in total. The van der Waals surface area contributed by atoms with Gasteiger partial charge in [-0.05, 0) is 24.5 Å². The second-order valence-electron chi connectivity index (χ2n) is 2.47. The minimum Gasteiger partial charge on any atom is -0.289 e. The molecular weight excluding hydrogens is 174 g/mol. The Hall–Kier alpha value is -1.69. The molecule has 0 spiro atoms. The fourth-order valence-corrected chi connectivity index (χ4v) is 0.860. The Morgan fingerprint density at radius 1 is 1.31 bits per heavy atom. The monoisotopic (exact) mass is 180 g/mol. The summed E-state index contributed by atoms with van der Waals surface area (Å²) in [6.45, 7) is 1.50. The molecule has 1 aromatic carbocycles. The summed E-state index contributed by atoms with van der Waals surface area (Å²) in [6.07, 6.45) is 0.359. The van der Waals surface area contributed by atoms with E-state index in [9.17, 15) is 13.6 Å². The number of carbonyl (C=O) groups is 1. The average molecular weight is 180 g/mol. The topological polar surface area (TPSA) is 17.1 Å². The van der Waals surface area contributed by atoms with Crippen LogP contribution in [-0.4, -0.2) is 6.29 Å². The zero-order chi connectivity index (χ0) is 9.84. The molecular formula is C10H6F2O. The molecule has 1 aromatic rings. The van der Waals surface area contributed by atoms with E-state index in [1.807, 2.05) is 0 Å². The maximum Gasteiger partial charge on any atom is 0.193 e. The van der Waals surface area contributed by atoms with E-state index in [-0.39, 0.29) is 5.56 Å². The molecule has 0 unspecified atom stereocenters. The van der Waals surface area contributed by atoms with Crippen LogP contribution in [0.1, 0.15) is 11.1 Å². The number of benzene rings is 1. The van der Waals surface area contributed by atoms with E-state index in [0.717, 1.165) is 6.07 Å². The average Bonchev–Trinajstić information content (AvgIpc) is 2.09. The van der Waals surface area contributed by atoms with Gasteiger partial charge in [0.2, 0.25) is 0 Å². The number of carbonyl (C=O) groups excluding carboxylic acids is 1. The van der Waals surface area contributed by atoms with Crippen LogP contribution in [-0.2, 0) is 4.79 Å². The van der Waals surface area contributed by atoms with Crippen molar-refractivity contribution in [3.05, 3.63) is 34.9 Å². The first kappa shape index (κ1) is 9.40. The van der Waals surface area contributed by atoms with Crippen LogP contribution < -0.4 is 0 Å². The molecule has 0 aliphatic heterocycles. The van der Waals surface area contributed by atoms with E-state index < -0.39 is 11.6 Å². The molecule has 0 aromatic heterocycles. The van der Waals surface area contributed by atoms with Crippen LogP contribution in [0.25, 0.3) is 0 Å². The van der Waals surface area contributed by atoms with E-state index in [4.69, 9.17) is 0 Å². The molecule has 0 radical (unpaired) electrons. The van der Waals surface area contributed by atoms with Crippen LogP contribution in [0.4, 0.5) is 8.78 Å². The SMILES string of the molecule is Cc1cc(C#CC=O)c(F)cc1F. The predicted molar refractivity (Wildman–Crippen MR) is 44.0 cm³/mol. The smallest absolute Gasteiger partial charge is 0.193 e. The van der Waals surface area contributed by atoms with Gasteiger partial charge >= 0.3 is 0 Å². The Balaban J connectivity index is 3.23. The summed E-state index contributed by atoms with van der Waals surface area (Å²) in [6, 6.07) is 2.02. The van der Waals surface area contributed by atoms with Gasteiger partial charge in [-0.3, -0.25) is 4.79 Å². The van der Waals surface area contributed by atoms with Gasteiger partial charge in [0.15, 0.2) is 6.29 Å². The molecule has 1 rings (SSSR count). The van der Waals surface area contributed by atoms with Crippen LogP contribution >= 0.6 is 0 Å². The highest BCUT2D eigenvalue weighted by molar-refractivity contribution is 5.74. The minimum atomic E-state index is -0.752. The standard InChI is InChI=1S/C10H6F2O/c1-7-5-8(3-2-4-13)10(12)6-9(7)11/h4-6H,1H3. The summed E-state index contributed by atoms with van der Waals surface area (Å²) in [5, 5.41) is 0. The molecule has 0 atom stereocenters. The fraction of sp³-hybridized carbons (Fsp3) is 0.100. The zero-order valence-corrected chi connectivity index (χ0v) is 6.90. The Kier molecular flexibility index (Phi) is 2.76. The normalized spacial score (nSPS) is 8.85. The summed E-state index contributed by atoms with van der Waals surface area (Å²) in [7, 11) is 0. The molecule has 66 valence electrons. The summed E-state index contributed by atoms with van der Waals surface area (Å²) in [5.41, 5.74) is 0.336. The Labute approximate surface area is 74.4 Å². The molecule has 0 bridgehead atoms. The Bertz CT molecular complexity index is 399. The van der Waals surface area contributed by atoms with Gasteiger partial charge in [0.05, 0.1) is 5.56 Å². The lowest BCUT2D eigenvalue weighted by Crippen LogP contribution is -1.90. The van der Waals surface area contributed by atoms with Crippen molar-refractivity contribution in [3.8, 4) is 11.8 Å². The zero-order valence-electron chi connectivity index (χ0n) is 6.90. The third-order valence-corrected chi connectivity index (χ3v) is 1.51. The fourth-order valence-electron chi connectivity index (χ4n) is 0.860. The van der Waals surface area contributed by atoms with Gasteiger partial charge in [-0.2, -0.15) is 0 Å². The van der Waals surface area contributed by atoms with Crippen molar-refractivity contribution in [2.75, 3.05) is 0 Å². The van der Waals surface area contributed by atoms with Crippen molar-refractivity contribution in [3.63, 3.8) is 0 Å². The first-order valence-electron chi connectivity index (χ1n) is 3.56. The predicted octanol–water partition coefficient (Wildman–Crippen LogP) is 1.82. The van der Waals surface area contributed by atoms with Crippen molar-refractivity contribution in [2.24, 2.45) is 0 Å².